The van der Waals surface area contributed by atoms with Gasteiger partial charge in [-0.2, -0.15) is 0 Å². The Morgan fingerprint density at radius 1 is 1.44 bits per heavy atom. The maximum atomic E-state index is 10.9. The number of nitrogens with two attached hydrogens (primary N) is 1. The van der Waals surface area contributed by atoms with Gasteiger partial charge in [0.05, 0.1) is 13.7 Å². The van der Waals surface area contributed by atoms with E-state index in [0.717, 1.165) is 6.29 Å². The van der Waals surface area contributed by atoms with Crippen LogP contribution in [0, 0.1) is 0 Å². The second kappa shape index (κ2) is 5.75. The molecular formula is C11H13NO4. The van der Waals surface area contributed by atoms with Gasteiger partial charge in [-0.3, -0.25) is 4.79 Å². The third-order valence-corrected chi connectivity index (χ3v) is 1.94. The van der Waals surface area contributed by atoms with Crippen LogP contribution >= 0.6 is 0 Å². The summed E-state index contributed by atoms with van der Waals surface area (Å²) in [5, 5.41) is 0. The fourth-order valence-corrected chi connectivity index (χ4v) is 1.16. The lowest BCUT2D eigenvalue weighted by Gasteiger charge is -2.10. The van der Waals surface area contributed by atoms with E-state index in [2.05, 4.69) is 0 Å². The largest absolute Gasteiger partial charge is 0.493 e. The van der Waals surface area contributed by atoms with E-state index in [-0.39, 0.29) is 6.61 Å². The van der Waals surface area contributed by atoms with Crippen molar-refractivity contribution in [1.29, 1.82) is 0 Å². The van der Waals surface area contributed by atoms with Crippen molar-refractivity contribution in [1.82, 2.24) is 0 Å². The number of aldehydes is 1. The monoisotopic (exact) mass is 223 g/mol. The molecule has 0 heterocycles. The van der Waals surface area contributed by atoms with Crippen LogP contribution in [0.5, 0.6) is 11.5 Å². The summed E-state index contributed by atoms with van der Waals surface area (Å²) in [7, 11) is 1.46. The van der Waals surface area contributed by atoms with Crippen molar-refractivity contribution in [2.75, 3.05) is 13.7 Å². The molecule has 0 spiro atoms. The lowest BCUT2D eigenvalue weighted by Crippen LogP contribution is -2.11. The summed E-state index contributed by atoms with van der Waals surface area (Å²) in [6.07, 6.45) is 1.07. The number of hydrogen-bond donors (Lipinski definition) is 1. The number of methoxy groups -OCH3 is 1. The topological polar surface area (TPSA) is 78.6 Å². The zero-order valence-corrected chi connectivity index (χ0v) is 8.93. The van der Waals surface area contributed by atoms with Crippen LogP contribution in [0.15, 0.2) is 18.2 Å². The molecular weight excluding hydrogens is 210 g/mol. The first-order valence-corrected chi connectivity index (χ1v) is 4.73. The molecule has 86 valence electrons. The molecule has 0 aliphatic carbocycles. The van der Waals surface area contributed by atoms with Crippen LogP contribution in [-0.2, 0) is 4.79 Å². The summed E-state index contributed by atoms with van der Waals surface area (Å²) >= 11 is 0. The van der Waals surface area contributed by atoms with Crippen molar-refractivity contribution in [2.45, 2.75) is 6.42 Å². The van der Waals surface area contributed by atoms with E-state index in [1.165, 1.54) is 13.2 Å². The zero-order chi connectivity index (χ0) is 12.0. The average molecular weight is 223 g/mol. The van der Waals surface area contributed by atoms with E-state index in [1.807, 2.05) is 0 Å². The Labute approximate surface area is 93.1 Å². The van der Waals surface area contributed by atoms with Gasteiger partial charge in [-0.05, 0) is 18.2 Å². The van der Waals surface area contributed by atoms with E-state index < -0.39 is 5.91 Å². The summed E-state index contributed by atoms with van der Waals surface area (Å²) in [5.41, 5.74) is 5.47. The molecule has 2 N–H and O–H groups in total. The van der Waals surface area contributed by atoms with Crippen LogP contribution in [0.2, 0.25) is 0 Å². The zero-order valence-electron chi connectivity index (χ0n) is 8.93. The highest BCUT2D eigenvalue weighted by atomic mass is 16.5. The molecule has 0 fully saturated rings. The number of ether oxygens (including phenoxy) is 2. The normalized spacial score (nSPS) is 9.56. The Bertz CT molecular complexity index is 390. The molecule has 0 aromatic heterocycles. The van der Waals surface area contributed by atoms with E-state index in [9.17, 15) is 9.59 Å². The van der Waals surface area contributed by atoms with Crippen LogP contribution in [0.4, 0.5) is 0 Å². The quantitative estimate of drug-likeness (QED) is 0.570. The molecule has 5 nitrogen and oxygen atoms in total. The van der Waals surface area contributed by atoms with Gasteiger partial charge in [0, 0.05) is 12.0 Å². The smallest absolute Gasteiger partial charge is 0.248 e. The number of amides is 1. The first kappa shape index (κ1) is 12.0. The fraction of sp³-hybridized carbons (Fsp3) is 0.273. The summed E-state index contributed by atoms with van der Waals surface area (Å²) in [4.78, 5) is 21.0. The maximum Gasteiger partial charge on any atom is 0.248 e. The number of benzene rings is 1. The number of carbonyl (C=O) groups is 2. The summed E-state index contributed by atoms with van der Waals surface area (Å²) in [5.74, 6) is 0.370. The van der Waals surface area contributed by atoms with Crippen molar-refractivity contribution in [3.05, 3.63) is 23.8 Å². The van der Waals surface area contributed by atoms with Gasteiger partial charge in [0.1, 0.15) is 6.29 Å². The number of hydrogen-bond acceptors (Lipinski definition) is 4. The SMILES string of the molecule is COc1cc(C(N)=O)ccc1OCCC=O. The first-order chi connectivity index (χ1) is 7.69. The lowest BCUT2D eigenvalue weighted by molar-refractivity contribution is -0.108. The van der Waals surface area contributed by atoms with Gasteiger partial charge >= 0.3 is 0 Å². The van der Waals surface area contributed by atoms with E-state index in [0.29, 0.717) is 23.5 Å². The standard InChI is InChI=1S/C11H13NO4/c1-15-10-7-8(11(12)14)3-4-9(10)16-6-2-5-13/h3-5,7H,2,6H2,1H3,(H2,12,14). The highest BCUT2D eigenvalue weighted by molar-refractivity contribution is 5.93. The first-order valence-electron chi connectivity index (χ1n) is 4.73. The Hall–Kier alpha value is -2.04. The van der Waals surface area contributed by atoms with Crippen molar-refractivity contribution in [2.24, 2.45) is 5.73 Å². The molecule has 0 atom stereocenters. The fourth-order valence-electron chi connectivity index (χ4n) is 1.16. The van der Waals surface area contributed by atoms with Gasteiger partial charge in [-0.15, -0.1) is 0 Å². The molecule has 1 rings (SSSR count). The molecule has 0 saturated heterocycles. The van der Waals surface area contributed by atoms with Gasteiger partial charge in [-0.1, -0.05) is 0 Å². The van der Waals surface area contributed by atoms with Gasteiger partial charge in [0.25, 0.3) is 0 Å². The third kappa shape index (κ3) is 2.98. The van der Waals surface area contributed by atoms with Crippen molar-refractivity contribution < 1.29 is 19.1 Å². The molecule has 0 aliphatic heterocycles. The van der Waals surface area contributed by atoms with Crippen LogP contribution in [0.3, 0.4) is 0 Å². The predicted molar refractivity (Wildman–Crippen MR) is 57.7 cm³/mol. The van der Waals surface area contributed by atoms with Gasteiger partial charge in [0.15, 0.2) is 11.5 Å². The van der Waals surface area contributed by atoms with E-state index >= 15 is 0 Å². The molecule has 0 unspecified atom stereocenters. The Morgan fingerprint density at radius 2 is 2.19 bits per heavy atom. The van der Waals surface area contributed by atoms with Crippen molar-refractivity contribution >= 4 is 12.2 Å². The lowest BCUT2D eigenvalue weighted by atomic mass is 10.2. The number of carbonyl (C=O) groups excluding carboxylic acids is 2. The molecule has 0 radical (unpaired) electrons. The highest BCUT2D eigenvalue weighted by Gasteiger charge is 2.08. The molecule has 5 heteroatoms. The average Bonchev–Trinajstić information content (AvgIpc) is 2.29. The molecule has 0 aliphatic rings. The highest BCUT2D eigenvalue weighted by Crippen LogP contribution is 2.27. The Kier molecular flexibility index (Phi) is 4.32. The molecule has 1 amide bonds. The second-order valence-corrected chi connectivity index (χ2v) is 3.03. The Balaban J connectivity index is 2.84. The van der Waals surface area contributed by atoms with Gasteiger partial charge in [0.2, 0.25) is 5.91 Å². The minimum Gasteiger partial charge on any atom is -0.493 e. The third-order valence-electron chi connectivity index (χ3n) is 1.94. The van der Waals surface area contributed by atoms with Gasteiger partial charge in [-0.25, -0.2) is 0 Å². The van der Waals surface area contributed by atoms with Crippen LogP contribution in [-0.4, -0.2) is 25.9 Å². The van der Waals surface area contributed by atoms with Crippen molar-refractivity contribution in [3.63, 3.8) is 0 Å². The predicted octanol–water partition coefficient (Wildman–Crippen LogP) is 0.762. The molecule has 1 aromatic carbocycles. The summed E-state index contributed by atoms with van der Waals surface area (Å²) in [6.45, 7) is 0.274. The van der Waals surface area contributed by atoms with Gasteiger partial charge < -0.3 is 20.0 Å². The Morgan fingerprint density at radius 3 is 2.75 bits per heavy atom. The molecule has 16 heavy (non-hydrogen) atoms. The second-order valence-electron chi connectivity index (χ2n) is 3.03. The van der Waals surface area contributed by atoms with Crippen LogP contribution in [0.1, 0.15) is 16.8 Å². The maximum absolute atomic E-state index is 10.9. The molecule has 1 aromatic rings. The van der Waals surface area contributed by atoms with Crippen LogP contribution < -0.4 is 15.2 Å². The van der Waals surface area contributed by atoms with E-state index in [4.69, 9.17) is 15.2 Å². The number of rotatable bonds is 6. The summed E-state index contributed by atoms with van der Waals surface area (Å²) < 4.78 is 10.3. The molecule has 0 saturated carbocycles. The number of primary amides is 1. The summed E-state index contributed by atoms with van der Waals surface area (Å²) in [6, 6.07) is 4.63. The van der Waals surface area contributed by atoms with Crippen molar-refractivity contribution in [3.8, 4) is 11.5 Å². The van der Waals surface area contributed by atoms with Crippen LogP contribution in [0.25, 0.3) is 0 Å². The molecule has 0 bridgehead atoms. The minimum absolute atomic E-state index is 0.274. The van der Waals surface area contributed by atoms with E-state index in [1.54, 1.807) is 12.1 Å². The minimum atomic E-state index is -0.530.